The van der Waals surface area contributed by atoms with Gasteiger partial charge in [-0.15, -0.1) is 0 Å². The van der Waals surface area contributed by atoms with Gasteiger partial charge in [0.1, 0.15) is 0 Å². The van der Waals surface area contributed by atoms with E-state index in [4.69, 9.17) is 8.83 Å². The lowest BCUT2D eigenvalue weighted by molar-refractivity contribution is -0.165. The Labute approximate surface area is 84.6 Å². The molecule has 0 saturated heterocycles. The summed E-state index contributed by atoms with van der Waals surface area (Å²) in [6.07, 6.45) is 2.51. The van der Waals surface area contributed by atoms with Gasteiger partial charge in [0.2, 0.25) is 0 Å². The van der Waals surface area contributed by atoms with Crippen LogP contribution < -0.4 is 0 Å². The highest BCUT2D eigenvalue weighted by Gasteiger charge is 2.47. The maximum Gasteiger partial charge on any atom is 0.402 e. The number of carbonyl (C=O) groups excluding carboxylic acids is 1. The van der Waals surface area contributed by atoms with E-state index in [0.717, 1.165) is 0 Å². The number of hydrogen-bond acceptors (Lipinski definition) is 4. The molecule has 5 nitrogen and oxygen atoms in total. The van der Waals surface area contributed by atoms with E-state index >= 15 is 0 Å². The summed E-state index contributed by atoms with van der Waals surface area (Å²) >= 11 is 0. The number of rotatable bonds is 3. The van der Waals surface area contributed by atoms with Crippen molar-refractivity contribution in [2.45, 2.75) is 5.60 Å². The van der Waals surface area contributed by atoms with E-state index in [1.807, 2.05) is 0 Å². The van der Waals surface area contributed by atoms with Crippen LogP contribution in [0.1, 0.15) is 11.5 Å². The first-order chi connectivity index (χ1) is 7.15. The summed E-state index contributed by atoms with van der Waals surface area (Å²) in [5.74, 6) is -2.01. The van der Waals surface area contributed by atoms with Crippen molar-refractivity contribution in [2.75, 3.05) is 0 Å². The molecule has 0 aromatic carbocycles. The molecular formula is C10H7O5. The van der Waals surface area contributed by atoms with Crippen molar-refractivity contribution in [3.63, 3.8) is 0 Å². The molecule has 0 fully saturated rings. The van der Waals surface area contributed by atoms with Crippen molar-refractivity contribution >= 4 is 5.97 Å². The van der Waals surface area contributed by atoms with Gasteiger partial charge >= 0.3 is 5.97 Å². The van der Waals surface area contributed by atoms with Crippen LogP contribution in [-0.2, 0) is 15.5 Å². The van der Waals surface area contributed by atoms with Gasteiger partial charge in [-0.25, -0.2) is 9.90 Å². The average Bonchev–Trinajstić information content (AvgIpc) is 2.89. The lowest BCUT2D eigenvalue weighted by atomic mass is 9.98. The second kappa shape index (κ2) is 3.29. The van der Waals surface area contributed by atoms with Gasteiger partial charge in [0.05, 0.1) is 12.5 Å². The minimum Gasteiger partial charge on any atom is -0.465 e. The van der Waals surface area contributed by atoms with Crippen molar-refractivity contribution in [2.24, 2.45) is 0 Å². The standard InChI is InChI=1S/C10H7O5/c11-9(12)10(13,7-3-1-5-14-7)8-4-2-6-15-8/h1-6,13H. The quantitative estimate of drug-likeness (QED) is 0.815. The molecule has 15 heavy (non-hydrogen) atoms. The van der Waals surface area contributed by atoms with Crippen LogP contribution in [0, 0.1) is 0 Å². The molecule has 0 aliphatic rings. The Morgan fingerprint density at radius 1 is 1.13 bits per heavy atom. The minimum absolute atomic E-state index is 0.155. The van der Waals surface area contributed by atoms with Crippen LogP contribution >= 0.6 is 0 Å². The second-order valence-electron chi connectivity index (χ2n) is 2.95. The lowest BCUT2D eigenvalue weighted by Gasteiger charge is -2.16. The largest absolute Gasteiger partial charge is 0.465 e. The van der Waals surface area contributed by atoms with Gasteiger partial charge < -0.3 is 13.9 Å². The number of aliphatic hydroxyl groups is 1. The van der Waals surface area contributed by atoms with Crippen molar-refractivity contribution in [3.8, 4) is 0 Å². The molecule has 2 aromatic heterocycles. The Kier molecular flexibility index (Phi) is 2.09. The Morgan fingerprint density at radius 2 is 1.60 bits per heavy atom. The Hall–Kier alpha value is -2.01. The molecule has 77 valence electrons. The second-order valence-corrected chi connectivity index (χ2v) is 2.95. The number of carbonyl (C=O) groups is 1. The van der Waals surface area contributed by atoms with E-state index in [0.29, 0.717) is 0 Å². The summed E-state index contributed by atoms with van der Waals surface area (Å²) in [6, 6.07) is 5.59. The van der Waals surface area contributed by atoms with E-state index in [2.05, 4.69) is 0 Å². The van der Waals surface area contributed by atoms with E-state index in [1.54, 1.807) is 0 Å². The molecule has 2 rings (SSSR count). The SMILES string of the molecule is [O]C(=O)C(O)(c1ccco1)c1ccco1. The van der Waals surface area contributed by atoms with Crippen LogP contribution in [0.25, 0.3) is 0 Å². The van der Waals surface area contributed by atoms with Crippen molar-refractivity contribution in [3.05, 3.63) is 48.3 Å². The van der Waals surface area contributed by atoms with Crippen molar-refractivity contribution in [1.82, 2.24) is 0 Å². The molecule has 0 spiro atoms. The molecular weight excluding hydrogens is 200 g/mol. The summed E-state index contributed by atoms with van der Waals surface area (Å²) in [4.78, 5) is 10.9. The normalized spacial score (nSPS) is 11.5. The Balaban J connectivity index is 2.56. The average molecular weight is 207 g/mol. The first kappa shape index (κ1) is 9.54. The maximum atomic E-state index is 10.9. The molecule has 1 N–H and O–H groups in total. The Bertz CT molecular complexity index is 406. The molecule has 0 atom stereocenters. The predicted octanol–water partition coefficient (Wildman–Crippen LogP) is 1.07. The lowest BCUT2D eigenvalue weighted by Crippen LogP contribution is -2.35. The highest BCUT2D eigenvalue weighted by Crippen LogP contribution is 2.30. The molecule has 2 heterocycles. The van der Waals surface area contributed by atoms with Crippen LogP contribution in [0.3, 0.4) is 0 Å². The molecule has 0 saturated carbocycles. The molecule has 1 radical (unpaired) electrons. The van der Waals surface area contributed by atoms with E-state index in [9.17, 15) is 15.0 Å². The van der Waals surface area contributed by atoms with Crippen LogP contribution in [0.5, 0.6) is 0 Å². The fourth-order valence-corrected chi connectivity index (χ4v) is 1.29. The number of furan rings is 2. The molecule has 0 unspecified atom stereocenters. The fourth-order valence-electron chi connectivity index (χ4n) is 1.29. The van der Waals surface area contributed by atoms with Gasteiger partial charge in [-0.1, -0.05) is 0 Å². The van der Waals surface area contributed by atoms with Gasteiger partial charge in [0.15, 0.2) is 11.5 Å². The highest BCUT2D eigenvalue weighted by atomic mass is 16.4. The third-order valence-corrected chi connectivity index (χ3v) is 2.05. The van der Waals surface area contributed by atoms with Crippen molar-refractivity contribution < 1.29 is 23.8 Å². The summed E-state index contributed by atoms with van der Waals surface area (Å²) in [5, 5.41) is 20.9. The first-order valence-electron chi connectivity index (χ1n) is 4.17. The van der Waals surface area contributed by atoms with Gasteiger partial charge in [0.25, 0.3) is 5.60 Å². The molecule has 0 bridgehead atoms. The predicted molar refractivity (Wildman–Crippen MR) is 46.1 cm³/mol. The monoisotopic (exact) mass is 207 g/mol. The van der Waals surface area contributed by atoms with E-state index < -0.39 is 11.6 Å². The summed E-state index contributed by atoms with van der Waals surface area (Å²) in [7, 11) is 0. The zero-order valence-electron chi connectivity index (χ0n) is 7.54. The zero-order valence-corrected chi connectivity index (χ0v) is 7.54. The Morgan fingerprint density at radius 3 is 1.87 bits per heavy atom. The maximum absolute atomic E-state index is 10.9. The van der Waals surface area contributed by atoms with Gasteiger partial charge in [0, 0.05) is 0 Å². The van der Waals surface area contributed by atoms with Gasteiger partial charge in [-0.2, -0.15) is 0 Å². The van der Waals surface area contributed by atoms with Crippen LogP contribution in [0.4, 0.5) is 0 Å². The topological polar surface area (TPSA) is 83.5 Å². The zero-order chi connectivity index (χ0) is 10.9. The van der Waals surface area contributed by atoms with Crippen LogP contribution in [-0.4, -0.2) is 11.1 Å². The molecule has 0 amide bonds. The molecule has 5 heteroatoms. The van der Waals surface area contributed by atoms with E-state index in [1.165, 1.54) is 36.8 Å². The summed E-state index contributed by atoms with van der Waals surface area (Å²) < 4.78 is 9.71. The highest BCUT2D eigenvalue weighted by molar-refractivity contribution is 5.81. The van der Waals surface area contributed by atoms with Gasteiger partial charge in [-0.05, 0) is 24.3 Å². The van der Waals surface area contributed by atoms with Crippen LogP contribution in [0.15, 0.2) is 45.6 Å². The van der Waals surface area contributed by atoms with Crippen LogP contribution in [0.2, 0.25) is 0 Å². The molecule has 2 aromatic rings. The molecule has 0 aliphatic carbocycles. The molecule has 0 aliphatic heterocycles. The first-order valence-corrected chi connectivity index (χ1v) is 4.17. The van der Waals surface area contributed by atoms with E-state index in [-0.39, 0.29) is 11.5 Å². The van der Waals surface area contributed by atoms with Crippen molar-refractivity contribution in [1.29, 1.82) is 0 Å². The third kappa shape index (κ3) is 1.33. The number of hydrogen-bond donors (Lipinski definition) is 1. The summed E-state index contributed by atoms with van der Waals surface area (Å²) in [5.41, 5.74) is -2.38. The van der Waals surface area contributed by atoms with Gasteiger partial charge in [-0.3, -0.25) is 0 Å². The fraction of sp³-hybridized carbons (Fsp3) is 0.100. The smallest absolute Gasteiger partial charge is 0.402 e. The minimum atomic E-state index is -2.38. The summed E-state index contributed by atoms with van der Waals surface area (Å²) in [6.45, 7) is 0. The third-order valence-electron chi connectivity index (χ3n) is 2.05.